The van der Waals surface area contributed by atoms with Crippen molar-refractivity contribution in [1.29, 1.82) is 0 Å². The molecule has 0 saturated heterocycles. The maximum absolute atomic E-state index is 8.61. The highest BCUT2D eigenvalue weighted by molar-refractivity contribution is 4.49. The zero-order valence-corrected chi connectivity index (χ0v) is 44.2. The summed E-state index contributed by atoms with van der Waals surface area (Å²) < 4.78 is 98.8. The van der Waals surface area contributed by atoms with Gasteiger partial charge in [0.1, 0.15) is 0 Å². The van der Waals surface area contributed by atoms with Gasteiger partial charge in [-0.2, -0.15) is 0 Å². The summed E-state index contributed by atoms with van der Waals surface area (Å²) in [6.45, 7) is 20.8. The third-order valence-electron chi connectivity index (χ3n) is 9.95. The lowest BCUT2D eigenvalue weighted by Gasteiger charge is -2.09. The van der Waals surface area contributed by atoms with Crippen molar-refractivity contribution in [2.45, 2.75) is 90.4 Å². The molecule has 19 nitrogen and oxygen atoms in total. The Labute approximate surface area is 424 Å². The highest BCUT2D eigenvalue weighted by Crippen LogP contribution is 2.12. The largest absolute Gasteiger partial charge is 0.394 e. The summed E-state index contributed by atoms with van der Waals surface area (Å²) in [5, 5.41) is 8.61. The van der Waals surface area contributed by atoms with E-state index in [0.717, 1.165) is 13.0 Å². The van der Waals surface area contributed by atoms with Crippen LogP contribution in [-0.4, -0.2) is 250 Å². The van der Waals surface area contributed by atoms with Gasteiger partial charge in [0.2, 0.25) is 0 Å². The van der Waals surface area contributed by atoms with Crippen LogP contribution in [0, 0.1) is 0 Å². The highest BCUT2D eigenvalue weighted by atomic mass is 16.6. The van der Waals surface area contributed by atoms with Crippen LogP contribution in [0.2, 0.25) is 0 Å². The van der Waals surface area contributed by atoms with Crippen molar-refractivity contribution in [3.63, 3.8) is 0 Å². The van der Waals surface area contributed by atoms with Crippen LogP contribution < -0.4 is 0 Å². The Balaban J connectivity index is 3.07. The Hall–Kier alpha value is -0.760. The zero-order chi connectivity index (χ0) is 50.1. The van der Waals surface area contributed by atoms with Gasteiger partial charge < -0.3 is 90.4 Å². The van der Waals surface area contributed by atoms with Gasteiger partial charge in [0, 0.05) is 6.61 Å². The van der Waals surface area contributed by atoms with E-state index in [0.29, 0.717) is 231 Å². The van der Waals surface area contributed by atoms with E-state index >= 15 is 0 Å². The molecule has 0 rings (SSSR count). The van der Waals surface area contributed by atoms with Gasteiger partial charge in [-0.05, 0) is 6.42 Å². The lowest BCUT2D eigenvalue weighted by atomic mass is 10.0. The molecule has 0 unspecified atom stereocenters. The predicted octanol–water partition coefficient (Wildman–Crippen LogP) is 5.37. The molecule has 422 valence electrons. The summed E-state index contributed by atoms with van der Waals surface area (Å²) in [4.78, 5) is 0. The van der Waals surface area contributed by atoms with Crippen LogP contribution in [0.5, 0.6) is 0 Å². The fraction of sp³-hybridized carbons (Fsp3) is 1.00. The molecule has 0 amide bonds. The van der Waals surface area contributed by atoms with Crippen LogP contribution in [0.1, 0.15) is 90.4 Å². The van der Waals surface area contributed by atoms with E-state index in [1.165, 1.54) is 77.0 Å². The predicted molar refractivity (Wildman–Crippen MR) is 268 cm³/mol. The number of rotatable bonds is 67. The standard InChI is InChI=1S/C51H104O19/c1-2-3-4-5-6-7-8-9-10-11-12-13-14-16-53-18-20-55-22-24-57-26-28-59-30-32-61-34-36-63-38-40-65-42-44-67-46-48-69-50-51-70-49-47-68-45-43-66-41-39-64-37-35-62-33-31-60-29-27-58-25-23-56-21-19-54-17-15-52/h52H,2-51H2,1H3. The van der Waals surface area contributed by atoms with E-state index in [1.807, 2.05) is 0 Å². The van der Waals surface area contributed by atoms with Crippen molar-refractivity contribution in [1.82, 2.24) is 0 Å². The Kier molecular flexibility index (Phi) is 67.5. The van der Waals surface area contributed by atoms with Gasteiger partial charge in [-0.1, -0.05) is 84.0 Å². The smallest absolute Gasteiger partial charge is 0.0701 e. The number of ether oxygens (including phenoxy) is 18. The second kappa shape index (κ2) is 68.2. The normalized spacial score (nSPS) is 11.7. The van der Waals surface area contributed by atoms with Crippen molar-refractivity contribution in [3.05, 3.63) is 0 Å². The summed E-state index contributed by atoms with van der Waals surface area (Å²) >= 11 is 0. The van der Waals surface area contributed by atoms with Crippen molar-refractivity contribution >= 4 is 0 Å². The van der Waals surface area contributed by atoms with Crippen molar-refractivity contribution in [2.24, 2.45) is 0 Å². The third kappa shape index (κ3) is 67.2. The molecule has 19 heteroatoms. The second-order valence-corrected chi connectivity index (χ2v) is 16.0. The first kappa shape index (κ1) is 69.2. The van der Waals surface area contributed by atoms with E-state index in [9.17, 15) is 0 Å². The molecule has 0 radical (unpaired) electrons. The van der Waals surface area contributed by atoms with E-state index in [4.69, 9.17) is 90.4 Å². The molecular weight excluding hydrogens is 917 g/mol. The molecule has 0 bridgehead atoms. The van der Waals surface area contributed by atoms with Gasteiger partial charge in [-0.3, -0.25) is 0 Å². The summed E-state index contributed by atoms with van der Waals surface area (Å²) in [6, 6.07) is 0. The molecular formula is C51H104O19. The summed E-state index contributed by atoms with van der Waals surface area (Å²) in [7, 11) is 0. The topological polar surface area (TPSA) is 186 Å². The molecule has 0 fully saturated rings. The fourth-order valence-electron chi connectivity index (χ4n) is 6.13. The summed E-state index contributed by atoms with van der Waals surface area (Å²) in [6.07, 6.45) is 17.7. The van der Waals surface area contributed by atoms with Crippen LogP contribution in [0.4, 0.5) is 0 Å². The fourth-order valence-corrected chi connectivity index (χ4v) is 6.13. The first-order valence-electron chi connectivity index (χ1n) is 26.9. The summed E-state index contributed by atoms with van der Waals surface area (Å²) in [5.74, 6) is 0. The van der Waals surface area contributed by atoms with Gasteiger partial charge in [0.25, 0.3) is 0 Å². The Morgan fingerprint density at radius 1 is 0.157 bits per heavy atom. The molecule has 0 aromatic carbocycles. The van der Waals surface area contributed by atoms with Gasteiger partial charge in [0.15, 0.2) is 0 Å². The first-order valence-corrected chi connectivity index (χ1v) is 26.9. The maximum atomic E-state index is 8.61. The van der Waals surface area contributed by atoms with Crippen molar-refractivity contribution in [3.8, 4) is 0 Å². The molecule has 0 aliphatic rings. The maximum Gasteiger partial charge on any atom is 0.0701 e. The molecule has 0 saturated carbocycles. The minimum absolute atomic E-state index is 0.0214. The quantitative estimate of drug-likeness (QED) is 0.0766. The minimum Gasteiger partial charge on any atom is -0.394 e. The highest BCUT2D eigenvalue weighted by Gasteiger charge is 2.00. The first-order chi connectivity index (χ1) is 34.9. The molecule has 0 aromatic heterocycles. The average molecular weight is 1020 g/mol. The lowest BCUT2D eigenvalue weighted by molar-refractivity contribution is -0.0310. The Morgan fingerprint density at radius 2 is 0.286 bits per heavy atom. The van der Waals surface area contributed by atoms with Crippen LogP contribution in [0.3, 0.4) is 0 Å². The van der Waals surface area contributed by atoms with Crippen LogP contribution in [0.25, 0.3) is 0 Å². The van der Waals surface area contributed by atoms with Crippen LogP contribution in [-0.2, 0) is 85.3 Å². The molecule has 0 aromatic rings. The number of aliphatic hydroxyl groups is 1. The molecule has 0 aliphatic heterocycles. The average Bonchev–Trinajstić information content (AvgIpc) is 3.37. The van der Waals surface area contributed by atoms with E-state index in [2.05, 4.69) is 6.92 Å². The van der Waals surface area contributed by atoms with E-state index < -0.39 is 0 Å². The van der Waals surface area contributed by atoms with Crippen molar-refractivity contribution < 1.29 is 90.4 Å². The molecule has 70 heavy (non-hydrogen) atoms. The van der Waals surface area contributed by atoms with Gasteiger partial charge in [-0.25, -0.2) is 0 Å². The Morgan fingerprint density at radius 3 is 0.443 bits per heavy atom. The van der Waals surface area contributed by atoms with E-state index in [-0.39, 0.29) is 6.61 Å². The molecule has 1 N–H and O–H groups in total. The SMILES string of the molecule is CCCCCCCCCCCCCCCOCCOCCOCCOCCOCCOCCOCCOCCOCCOCCOCCOCCOCCOCCOCCOCCOCCOCCO. The number of hydrogen-bond acceptors (Lipinski definition) is 19. The van der Waals surface area contributed by atoms with Crippen molar-refractivity contribution in [2.75, 3.05) is 244 Å². The monoisotopic (exact) mass is 1020 g/mol. The number of hydrogen-bond donors (Lipinski definition) is 1. The second-order valence-electron chi connectivity index (χ2n) is 16.0. The number of aliphatic hydroxyl groups excluding tert-OH is 1. The minimum atomic E-state index is 0.0214. The lowest BCUT2D eigenvalue weighted by Crippen LogP contribution is -2.16. The molecule has 0 spiro atoms. The Bertz CT molecular complexity index is 819. The number of unbranched alkanes of at least 4 members (excludes halogenated alkanes) is 12. The third-order valence-corrected chi connectivity index (χ3v) is 9.95. The summed E-state index contributed by atoms with van der Waals surface area (Å²) in [5.41, 5.74) is 0. The van der Waals surface area contributed by atoms with Gasteiger partial charge >= 0.3 is 0 Å². The van der Waals surface area contributed by atoms with Gasteiger partial charge in [0.05, 0.1) is 238 Å². The molecule has 0 atom stereocenters. The van der Waals surface area contributed by atoms with Crippen LogP contribution >= 0.6 is 0 Å². The van der Waals surface area contributed by atoms with Crippen LogP contribution in [0.15, 0.2) is 0 Å². The zero-order valence-electron chi connectivity index (χ0n) is 44.2. The molecule has 0 heterocycles. The van der Waals surface area contributed by atoms with E-state index in [1.54, 1.807) is 0 Å². The molecule has 0 aliphatic carbocycles. The van der Waals surface area contributed by atoms with Gasteiger partial charge in [-0.15, -0.1) is 0 Å².